The Bertz CT molecular complexity index is 317. The van der Waals surface area contributed by atoms with Gasteiger partial charge in [0, 0.05) is 13.7 Å². The van der Waals surface area contributed by atoms with Crippen LogP contribution in [-0.2, 0) is 14.3 Å². The van der Waals surface area contributed by atoms with Gasteiger partial charge in [0.15, 0.2) is 0 Å². The van der Waals surface area contributed by atoms with Crippen LogP contribution in [0.2, 0.25) is 0 Å². The zero-order valence-electron chi connectivity index (χ0n) is 12.7. The molecule has 1 fully saturated rings. The van der Waals surface area contributed by atoms with E-state index in [1.807, 2.05) is 6.92 Å². The molecule has 0 aromatic carbocycles. The number of hydrogen-bond acceptors (Lipinski definition) is 4. The second-order valence-electron chi connectivity index (χ2n) is 5.34. The Kier molecular flexibility index (Phi) is 6.52. The molecule has 1 saturated heterocycles. The van der Waals surface area contributed by atoms with Gasteiger partial charge in [-0.05, 0) is 46.7 Å². The van der Waals surface area contributed by atoms with Crippen LogP contribution in [-0.4, -0.2) is 50.8 Å². The molecule has 110 valence electrons. The molecule has 1 rings (SSSR count). The lowest BCUT2D eigenvalue weighted by Gasteiger charge is -2.39. The van der Waals surface area contributed by atoms with Crippen LogP contribution in [0.25, 0.3) is 0 Å². The standard InChI is InChI=1S/C15H27NO3/c1-5-13(3)11-16-9-7-15(8-10-16,12-18-4)14(17)19-6-2/h5H,6-12H2,1-4H3. The Morgan fingerprint density at radius 2 is 2.00 bits per heavy atom. The molecule has 4 nitrogen and oxygen atoms in total. The van der Waals surface area contributed by atoms with Crippen LogP contribution in [0.5, 0.6) is 0 Å². The summed E-state index contributed by atoms with van der Waals surface area (Å²) in [7, 11) is 1.65. The second kappa shape index (κ2) is 7.65. The van der Waals surface area contributed by atoms with Crippen molar-refractivity contribution in [2.24, 2.45) is 5.41 Å². The maximum atomic E-state index is 12.2. The molecule has 0 saturated carbocycles. The molecule has 0 spiro atoms. The molecule has 0 amide bonds. The summed E-state index contributed by atoms with van der Waals surface area (Å²) < 4.78 is 10.5. The van der Waals surface area contributed by atoms with Crippen LogP contribution in [0.3, 0.4) is 0 Å². The highest BCUT2D eigenvalue weighted by molar-refractivity contribution is 5.77. The summed E-state index contributed by atoms with van der Waals surface area (Å²) in [5, 5.41) is 0. The number of rotatable bonds is 6. The number of carbonyl (C=O) groups is 1. The van der Waals surface area contributed by atoms with Crippen molar-refractivity contribution < 1.29 is 14.3 Å². The zero-order valence-corrected chi connectivity index (χ0v) is 12.7. The van der Waals surface area contributed by atoms with E-state index < -0.39 is 5.41 Å². The summed E-state index contributed by atoms with van der Waals surface area (Å²) >= 11 is 0. The Balaban J connectivity index is 2.61. The van der Waals surface area contributed by atoms with E-state index in [0.29, 0.717) is 13.2 Å². The molecule has 1 heterocycles. The molecule has 1 aliphatic heterocycles. The smallest absolute Gasteiger partial charge is 0.314 e. The maximum absolute atomic E-state index is 12.2. The van der Waals surface area contributed by atoms with Gasteiger partial charge in [0.1, 0.15) is 0 Å². The van der Waals surface area contributed by atoms with E-state index in [9.17, 15) is 4.79 Å². The first-order chi connectivity index (χ1) is 9.07. The Labute approximate surface area is 116 Å². The monoisotopic (exact) mass is 269 g/mol. The molecular weight excluding hydrogens is 242 g/mol. The van der Waals surface area contributed by atoms with Gasteiger partial charge in [-0.3, -0.25) is 9.69 Å². The first-order valence-corrected chi connectivity index (χ1v) is 7.08. The fourth-order valence-electron chi connectivity index (χ4n) is 2.55. The van der Waals surface area contributed by atoms with Gasteiger partial charge in [-0.15, -0.1) is 0 Å². The molecule has 4 heteroatoms. The fraction of sp³-hybridized carbons (Fsp3) is 0.800. The quantitative estimate of drug-likeness (QED) is 0.547. The average molecular weight is 269 g/mol. The van der Waals surface area contributed by atoms with Gasteiger partial charge in [-0.25, -0.2) is 0 Å². The third-order valence-electron chi connectivity index (χ3n) is 3.91. The molecule has 0 bridgehead atoms. The van der Waals surface area contributed by atoms with E-state index in [-0.39, 0.29) is 5.97 Å². The van der Waals surface area contributed by atoms with Gasteiger partial charge in [0.25, 0.3) is 0 Å². The molecule has 0 radical (unpaired) electrons. The normalized spacial score (nSPS) is 20.3. The number of hydrogen-bond donors (Lipinski definition) is 0. The zero-order chi connectivity index (χ0) is 14.3. The molecule has 0 aliphatic carbocycles. The maximum Gasteiger partial charge on any atom is 0.314 e. The lowest BCUT2D eigenvalue weighted by Crippen LogP contribution is -2.47. The summed E-state index contributed by atoms with van der Waals surface area (Å²) in [4.78, 5) is 14.6. The highest BCUT2D eigenvalue weighted by Crippen LogP contribution is 2.33. The van der Waals surface area contributed by atoms with Crippen LogP contribution < -0.4 is 0 Å². The number of piperidine rings is 1. The van der Waals surface area contributed by atoms with Crippen LogP contribution in [0.4, 0.5) is 0 Å². The summed E-state index contributed by atoms with van der Waals surface area (Å²) in [6.07, 6.45) is 3.77. The molecule has 0 aromatic heterocycles. The van der Waals surface area contributed by atoms with Crippen molar-refractivity contribution in [3.63, 3.8) is 0 Å². The number of carbonyl (C=O) groups excluding carboxylic acids is 1. The van der Waals surface area contributed by atoms with Crippen molar-refractivity contribution in [1.82, 2.24) is 4.90 Å². The van der Waals surface area contributed by atoms with Crippen molar-refractivity contribution in [3.8, 4) is 0 Å². The topological polar surface area (TPSA) is 38.8 Å². The highest BCUT2D eigenvalue weighted by Gasteiger charge is 2.42. The van der Waals surface area contributed by atoms with Gasteiger partial charge in [-0.1, -0.05) is 11.6 Å². The van der Waals surface area contributed by atoms with Gasteiger partial charge in [-0.2, -0.15) is 0 Å². The molecule has 0 N–H and O–H groups in total. The third kappa shape index (κ3) is 4.32. The summed E-state index contributed by atoms with van der Waals surface area (Å²) in [5.41, 5.74) is 0.931. The first kappa shape index (κ1) is 16.2. The van der Waals surface area contributed by atoms with Crippen LogP contribution in [0, 0.1) is 5.41 Å². The SMILES string of the molecule is CC=C(C)CN1CCC(COC)(C(=O)OCC)CC1. The van der Waals surface area contributed by atoms with Gasteiger partial charge in [0.05, 0.1) is 18.6 Å². The minimum Gasteiger partial charge on any atom is -0.465 e. The van der Waals surface area contributed by atoms with Crippen molar-refractivity contribution in [1.29, 1.82) is 0 Å². The van der Waals surface area contributed by atoms with Crippen molar-refractivity contribution >= 4 is 5.97 Å². The highest BCUT2D eigenvalue weighted by atomic mass is 16.5. The van der Waals surface area contributed by atoms with E-state index in [4.69, 9.17) is 9.47 Å². The van der Waals surface area contributed by atoms with Gasteiger partial charge < -0.3 is 9.47 Å². The van der Waals surface area contributed by atoms with E-state index in [1.165, 1.54) is 5.57 Å². The minimum atomic E-state index is -0.439. The average Bonchev–Trinajstić information content (AvgIpc) is 2.41. The molecule has 0 aromatic rings. The number of allylic oxidation sites excluding steroid dienone is 1. The molecule has 19 heavy (non-hydrogen) atoms. The van der Waals surface area contributed by atoms with Gasteiger partial charge >= 0.3 is 5.97 Å². The van der Waals surface area contributed by atoms with Crippen molar-refractivity contribution in [2.75, 3.05) is 40.0 Å². The lowest BCUT2D eigenvalue weighted by atomic mass is 9.79. The predicted molar refractivity (Wildman–Crippen MR) is 76.0 cm³/mol. The number of esters is 1. The number of methoxy groups -OCH3 is 1. The molecular formula is C15H27NO3. The Morgan fingerprint density at radius 3 is 2.47 bits per heavy atom. The minimum absolute atomic E-state index is 0.0979. The van der Waals surface area contributed by atoms with E-state index >= 15 is 0 Å². The first-order valence-electron chi connectivity index (χ1n) is 7.08. The largest absolute Gasteiger partial charge is 0.465 e. The number of ether oxygens (including phenoxy) is 2. The fourth-order valence-corrected chi connectivity index (χ4v) is 2.55. The van der Waals surface area contributed by atoms with Gasteiger partial charge in [0.2, 0.25) is 0 Å². The molecule has 0 unspecified atom stereocenters. The van der Waals surface area contributed by atoms with Crippen molar-refractivity contribution in [3.05, 3.63) is 11.6 Å². The van der Waals surface area contributed by atoms with E-state index in [1.54, 1.807) is 7.11 Å². The number of nitrogens with zero attached hydrogens (tertiary/aromatic N) is 1. The Hall–Kier alpha value is -0.870. The summed E-state index contributed by atoms with van der Waals surface area (Å²) in [6, 6.07) is 0. The van der Waals surface area contributed by atoms with Crippen LogP contribution in [0.15, 0.2) is 11.6 Å². The van der Waals surface area contributed by atoms with Crippen LogP contribution >= 0.6 is 0 Å². The molecule has 0 atom stereocenters. The van der Waals surface area contributed by atoms with E-state index in [2.05, 4.69) is 24.8 Å². The Morgan fingerprint density at radius 1 is 1.37 bits per heavy atom. The van der Waals surface area contributed by atoms with Crippen LogP contribution in [0.1, 0.15) is 33.6 Å². The summed E-state index contributed by atoms with van der Waals surface area (Å²) in [5.74, 6) is -0.0979. The summed E-state index contributed by atoms with van der Waals surface area (Å²) in [6.45, 7) is 9.79. The molecule has 1 aliphatic rings. The van der Waals surface area contributed by atoms with Crippen molar-refractivity contribution in [2.45, 2.75) is 33.6 Å². The number of likely N-dealkylation sites (tertiary alicyclic amines) is 1. The van der Waals surface area contributed by atoms with E-state index in [0.717, 1.165) is 32.5 Å². The second-order valence-corrected chi connectivity index (χ2v) is 5.34. The third-order valence-corrected chi connectivity index (χ3v) is 3.91. The predicted octanol–water partition coefficient (Wildman–Crippen LogP) is 2.24. The lowest BCUT2D eigenvalue weighted by molar-refractivity contribution is -0.162.